The molecule has 1 aromatic rings. The highest BCUT2D eigenvalue weighted by Gasteiger charge is 2.32. The number of amides is 1. The number of hydrogen-bond donors (Lipinski definition) is 1. The number of fused-ring (bicyclic) bond motifs is 1. The molecule has 1 N–H and O–H groups in total. The predicted octanol–water partition coefficient (Wildman–Crippen LogP) is 3.43. The number of anilines is 1. The molecule has 4 nitrogen and oxygen atoms in total. The summed E-state index contributed by atoms with van der Waals surface area (Å²) in [6.45, 7) is 2.88. The number of nitrogens with zero attached hydrogens (tertiary/aromatic N) is 2. The van der Waals surface area contributed by atoms with Crippen LogP contribution < -0.4 is 4.90 Å². The van der Waals surface area contributed by atoms with Crippen molar-refractivity contribution in [1.82, 2.24) is 0 Å². The Kier molecular flexibility index (Phi) is 3.95. The molecule has 0 unspecified atom stereocenters. The Labute approximate surface area is 125 Å². The second-order valence-electron chi connectivity index (χ2n) is 6.26. The number of rotatable bonds is 1. The Morgan fingerprint density at radius 1 is 1.24 bits per heavy atom. The van der Waals surface area contributed by atoms with Gasteiger partial charge in [-0.15, -0.1) is 0 Å². The zero-order valence-corrected chi connectivity index (χ0v) is 12.5. The van der Waals surface area contributed by atoms with Crippen molar-refractivity contribution in [3.63, 3.8) is 0 Å². The molecule has 3 rings (SSSR count). The molecule has 0 saturated heterocycles. The van der Waals surface area contributed by atoms with Crippen LogP contribution in [-0.2, 0) is 4.79 Å². The first-order valence-corrected chi connectivity index (χ1v) is 7.82. The third-order valence-electron chi connectivity index (χ3n) is 4.83. The minimum Gasteiger partial charge on any atom is -0.411 e. The molecule has 1 amide bonds. The Hall–Kier alpha value is -1.84. The van der Waals surface area contributed by atoms with Gasteiger partial charge in [0.25, 0.3) is 0 Å². The van der Waals surface area contributed by atoms with Gasteiger partial charge in [0.2, 0.25) is 5.91 Å². The lowest BCUT2D eigenvalue weighted by Crippen LogP contribution is -2.42. The molecular formula is C17H22N2O2. The first-order chi connectivity index (χ1) is 10.2. The SMILES string of the molecule is CC1CCC(C(=O)N2CC/C(=N/O)c3ccccc32)CC1. The average Bonchev–Trinajstić information content (AvgIpc) is 2.54. The minimum atomic E-state index is 0.155. The molecule has 4 heteroatoms. The lowest BCUT2D eigenvalue weighted by molar-refractivity contribution is -0.123. The van der Waals surface area contributed by atoms with Gasteiger partial charge in [0.1, 0.15) is 0 Å². The van der Waals surface area contributed by atoms with E-state index in [-0.39, 0.29) is 11.8 Å². The van der Waals surface area contributed by atoms with Crippen molar-refractivity contribution in [2.45, 2.75) is 39.0 Å². The Morgan fingerprint density at radius 3 is 2.67 bits per heavy atom. The number of benzene rings is 1. The van der Waals surface area contributed by atoms with Gasteiger partial charge in [0, 0.05) is 24.4 Å². The Bertz CT molecular complexity index is 560. The molecule has 112 valence electrons. The summed E-state index contributed by atoms with van der Waals surface area (Å²) in [6, 6.07) is 7.72. The van der Waals surface area contributed by atoms with Crippen LogP contribution in [-0.4, -0.2) is 23.4 Å². The molecule has 1 heterocycles. The van der Waals surface area contributed by atoms with E-state index in [1.807, 2.05) is 29.2 Å². The van der Waals surface area contributed by atoms with E-state index in [1.165, 1.54) is 0 Å². The number of carbonyl (C=O) groups is 1. The topological polar surface area (TPSA) is 52.9 Å². The fraction of sp³-hybridized carbons (Fsp3) is 0.529. The maximum atomic E-state index is 12.8. The lowest BCUT2D eigenvalue weighted by Gasteiger charge is -2.34. The van der Waals surface area contributed by atoms with Crippen molar-refractivity contribution in [2.75, 3.05) is 11.4 Å². The number of oxime groups is 1. The van der Waals surface area contributed by atoms with Crippen LogP contribution in [0.5, 0.6) is 0 Å². The van der Waals surface area contributed by atoms with E-state index < -0.39 is 0 Å². The molecule has 0 bridgehead atoms. The molecule has 1 aliphatic heterocycles. The smallest absolute Gasteiger partial charge is 0.230 e. The van der Waals surface area contributed by atoms with E-state index >= 15 is 0 Å². The number of hydrogen-bond acceptors (Lipinski definition) is 3. The van der Waals surface area contributed by atoms with Gasteiger partial charge in [0.15, 0.2) is 0 Å². The molecule has 1 fully saturated rings. The van der Waals surface area contributed by atoms with Gasteiger partial charge >= 0.3 is 0 Å². The summed E-state index contributed by atoms with van der Waals surface area (Å²) in [5.74, 6) is 1.14. The second kappa shape index (κ2) is 5.88. The van der Waals surface area contributed by atoms with Crippen LogP contribution in [0.1, 0.15) is 44.6 Å². The first-order valence-electron chi connectivity index (χ1n) is 7.82. The van der Waals surface area contributed by atoms with Crippen LogP contribution in [0.15, 0.2) is 29.4 Å². The van der Waals surface area contributed by atoms with Crippen molar-refractivity contribution in [1.29, 1.82) is 0 Å². The van der Waals surface area contributed by atoms with Gasteiger partial charge in [0.05, 0.1) is 11.4 Å². The molecule has 21 heavy (non-hydrogen) atoms. The van der Waals surface area contributed by atoms with E-state index in [1.54, 1.807) is 0 Å². The first kappa shape index (κ1) is 14.1. The fourth-order valence-electron chi connectivity index (χ4n) is 3.49. The van der Waals surface area contributed by atoms with E-state index in [9.17, 15) is 4.79 Å². The monoisotopic (exact) mass is 286 g/mol. The summed E-state index contributed by atoms with van der Waals surface area (Å²) < 4.78 is 0. The summed E-state index contributed by atoms with van der Waals surface area (Å²) in [5.41, 5.74) is 2.44. The van der Waals surface area contributed by atoms with Crippen molar-refractivity contribution < 1.29 is 10.0 Å². The Balaban J connectivity index is 1.85. The molecule has 1 aromatic carbocycles. The zero-order chi connectivity index (χ0) is 14.8. The zero-order valence-electron chi connectivity index (χ0n) is 12.5. The van der Waals surface area contributed by atoms with Gasteiger partial charge in [-0.05, 0) is 37.7 Å². The fourth-order valence-corrected chi connectivity index (χ4v) is 3.49. The highest BCUT2D eigenvalue weighted by molar-refractivity contribution is 6.11. The van der Waals surface area contributed by atoms with Crippen LogP contribution in [0, 0.1) is 11.8 Å². The standard InChI is InChI=1S/C17H22N2O2/c1-12-6-8-13(9-7-12)17(20)19-11-10-15(18-21)14-4-2-3-5-16(14)19/h2-5,12-13,21H,6-11H2,1H3/b18-15-. The number of para-hydroxylation sites is 1. The summed E-state index contributed by atoms with van der Waals surface area (Å²) in [7, 11) is 0. The molecule has 1 aliphatic carbocycles. The molecular weight excluding hydrogens is 264 g/mol. The third-order valence-corrected chi connectivity index (χ3v) is 4.83. The van der Waals surface area contributed by atoms with Crippen molar-refractivity contribution in [2.24, 2.45) is 17.0 Å². The summed E-state index contributed by atoms with van der Waals surface area (Å²) in [6.07, 6.45) is 4.91. The maximum absolute atomic E-state index is 12.8. The predicted molar refractivity (Wildman–Crippen MR) is 82.9 cm³/mol. The average molecular weight is 286 g/mol. The van der Waals surface area contributed by atoms with Gasteiger partial charge in [-0.3, -0.25) is 4.79 Å². The summed E-state index contributed by atoms with van der Waals surface area (Å²) in [5, 5.41) is 12.5. The van der Waals surface area contributed by atoms with Crippen LogP contribution in [0.3, 0.4) is 0 Å². The van der Waals surface area contributed by atoms with Crippen LogP contribution in [0.25, 0.3) is 0 Å². The Morgan fingerprint density at radius 2 is 1.95 bits per heavy atom. The molecule has 0 atom stereocenters. The van der Waals surface area contributed by atoms with Crippen LogP contribution >= 0.6 is 0 Å². The number of carbonyl (C=O) groups excluding carboxylic acids is 1. The highest BCUT2D eigenvalue weighted by atomic mass is 16.4. The minimum absolute atomic E-state index is 0.155. The molecule has 2 aliphatic rings. The largest absolute Gasteiger partial charge is 0.411 e. The molecule has 0 spiro atoms. The van der Waals surface area contributed by atoms with Gasteiger partial charge < -0.3 is 10.1 Å². The highest BCUT2D eigenvalue weighted by Crippen LogP contribution is 2.33. The molecule has 1 saturated carbocycles. The van der Waals surface area contributed by atoms with Gasteiger partial charge in [-0.2, -0.15) is 0 Å². The lowest BCUT2D eigenvalue weighted by atomic mass is 9.82. The van der Waals surface area contributed by atoms with Crippen molar-refractivity contribution in [3.8, 4) is 0 Å². The second-order valence-corrected chi connectivity index (χ2v) is 6.26. The van der Waals surface area contributed by atoms with E-state index in [0.717, 1.165) is 42.9 Å². The maximum Gasteiger partial charge on any atom is 0.230 e. The summed E-state index contributed by atoms with van der Waals surface area (Å²) in [4.78, 5) is 14.7. The van der Waals surface area contributed by atoms with Gasteiger partial charge in [-0.1, -0.05) is 30.3 Å². The van der Waals surface area contributed by atoms with Crippen molar-refractivity contribution >= 4 is 17.3 Å². The summed E-state index contributed by atoms with van der Waals surface area (Å²) >= 11 is 0. The van der Waals surface area contributed by atoms with E-state index in [4.69, 9.17) is 5.21 Å². The normalized spacial score (nSPS) is 27.5. The molecule has 0 radical (unpaired) electrons. The van der Waals surface area contributed by atoms with Crippen molar-refractivity contribution in [3.05, 3.63) is 29.8 Å². The van der Waals surface area contributed by atoms with Gasteiger partial charge in [-0.25, -0.2) is 0 Å². The van der Waals surface area contributed by atoms with Crippen LogP contribution in [0.4, 0.5) is 5.69 Å². The van der Waals surface area contributed by atoms with Crippen LogP contribution in [0.2, 0.25) is 0 Å². The third kappa shape index (κ3) is 2.67. The molecule has 0 aromatic heterocycles. The van der Waals surface area contributed by atoms with E-state index in [0.29, 0.717) is 18.7 Å². The van der Waals surface area contributed by atoms with E-state index in [2.05, 4.69) is 12.1 Å². The quantitative estimate of drug-likeness (QED) is 0.635.